The Kier molecular flexibility index (Phi) is 6.19. The summed E-state index contributed by atoms with van der Waals surface area (Å²) in [6.45, 7) is 13.2. The molecule has 0 fully saturated rings. The van der Waals surface area contributed by atoms with Gasteiger partial charge in [-0.15, -0.1) is 5.82 Å². The van der Waals surface area contributed by atoms with Crippen molar-refractivity contribution in [3.8, 4) is 17.5 Å². The largest absolute Gasteiger partial charge is 0.497 e. The molecule has 3 aromatic rings. The number of hydrogen-bond donors (Lipinski definition) is 0. The van der Waals surface area contributed by atoms with Gasteiger partial charge in [0.2, 0.25) is 0 Å². The molecule has 1 nitrogen and oxygen atoms in total. The molecule has 0 aliphatic rings. The van der Waals surface area contributed by atoms with E-state index in [4.69, 9.17) is 4.74 Å². The van der Waals surface area contributed by atoms with Gasteiger partial charge in [0.15, 0.2) is 0 Å². The van der Waals surface area contributed by atoms with Gasteiger partial charge in [0, 0.05) is 5.56 Å². The lowest BCUT2D eigenvalue weighted by molar-refractivity contribution is 0.415. The maximum Gasteiger partial charge on any atom is 0.297 e. The summed E-state index contributed by atoms with van der Waals surface area (Å²) in [6, 6.07) is 17.0. The van der Waals surface area contributed by atoms with Gasteiger partial charge in [-0.2, -0.15) is 0 Å². The first-order valence-electron chi connectivity index (χ1n) is 10.1. The summed E-state index contributed by atoms with van der Waals surface area (Å²) in [7, 11) is 1.68. The van der Waals surface area contributed by atoms with Gasteiger partial charge in [0.25, 0.3) is 6.71 Å². The van der Waals surface area contributed by atoms with Crippen LogP contribution in [-0.4, -0.2) is 13.8 Å². The molecule has 3 rings (SSSR count). The molecular weight excluding hydrogens is 351 g/mol. The molecule has 0 aliphatic carbocycles. The SMILES string of the molecule is COc1ccc(C#CB(c2c(C)cc(C)cc2C)c2c(C)cc(C)cc2C)cc1. The minimum Gasteiger partial charge on any atom is -0.497 e. The van der Waals surface area contributed by atoms with Gasteiger partial charge in [0.1, 0.15) is 5.75 Å². The van der Waals surface area contributed by atoms with E-state index in [1.54, 1.807) is 7.11 Å². The van der Waals surface area contributed by atoms with E-state index in [2.05, 4.69) is 77.5 Å². The summed E-state index contributed by atoms with van der Waals surface area (Å²) >= 11 is 0. The molecule has 3 aromatic carbocycles. The third-order valence-electron chi connectivity index (χ3n) is 5.50. The molecule has 0 N–H and O–H groups in total. The summed E-state index contributed by atoms with van der Waals surface area (Å²) in [6.07, 6.45) is 0. The molecule has 0 bridgehead atoms. The lowest BCUT2D eigenvalue weighted by atomic mass is 9.38. The van der Waals surface area contributed by atoms with E-state index < -0.39 is 0 Å². The Morgan fingerprint density at radius 1 is 0.655 bits per heavy atom. The highest BCUT2D eigenvalue weighted by atomic mass is 16.5. The normalized spacial score (nSPS) is 10.3. The van der Waals surface area contributed by atoms with Crippen molar-refractivity contribution in [2.45, 2.75) is 41.5 Å². The Hall–Kier alpha value is -2.92. The van der Waals surface area contributed by atoms with Crippen LogP contribution in [0.2, 0.25) is 0 Å². The van der Waals surface area contributed by atoms with Gasteiger partial charge in [-0.25, -0.2) is 0 Å². The summed E-state index contributed by atoms with van der Waals surface area (Å²) in [5.74, 6) is 7.89. The summed E-state index contributed by atoms with van der Waals surface area (Å²) < 4.78 is 5.27. The zero-order valence-electron chi connectivity index (χ0n) is 18.6. The van der Waals surface area contributed by atoms with Gasteiger partial charge in [0.05, 0.1) is 7.11 Å². The fourth-order valence-electron chi connectivity index (χ4n) is 4.41. The van der Waals surface area contributed by atoms with E-state index in [1.807, 2.05) is 24.3 Å². The maximum absolute atomic E-state index is 5.27. The zero-order chi connectivity index (χ0) is 21.1. The van der Waals surface area contributed by atoms with Gasteiger partial charge >= 0.3 is 0 Å². The lowest BCUT2D eigenvalue weighted by Crippen LogP contribution is -2.46. The Balaban J connectivity index is 2.20. The van der Waals surface area contributed by atoms with Crippen molar-refractivity contribution < 1.29 is 4.74 Å². The second kappa shape index (κ2) is 8.62. The van der Waals surface area contributed by atoms with Crippen LogP contribution in [0.5, 0.6) is 5.75 Å². The van der Waals surface area contributed by atoms with Crippen molar-refractivity contribution in [2.75, 3.05) is 7.11 Å². The standard InChI is InChI=1S/C27H29BO/c1-18-14-20(3)26(21(4)15-18)28(27-22(5)16-19(2)17-23(27)6)13-12-24-8-10-25(29-7)11-9-24/h8-11,14-17H,1-7H3. The monoisotopic (exact) mass is 380 g/mol. The lowest BCUT2D eigenvalue weighted by Gasteiger charge is -2.20. The van der Waals surface area contributed by atoms with E-state index in [0.717, 1.165) is 11.3 Å². The molecule has 0 saturated heterocycles. The molecular formula is C27H29BO. The maximum atomic E-state index is 5.27. The van der Waals surface area contributed by atoms with Crippen LogP contribution in [0.15, 0.2) is 48.5 Å². The number of benzene rings is 3. The highest BCUT2D eigenvalue weighted by Crippen LogP contribution is 2.13. The smallest absolute Gasteiger partial charge is 0.297 e. The summed E-state index contributed by atoms with van der Waals surface area (Å²) in [5.41, 5.74) is 11.4. The van der Waals surface area contributed by atoms with Crippen LogP contribution in [0.25, 0.3) is 0 Å². The second-order valence-corrected chi connectivity index (χ2v) is 8.06. The molecule has 0 amide bonds. The quantitative estimate of drug-likeness (QED) is 0.471. The van der Waals surface area contributed by atoms with Crippen molar-refractivity contribution in [3.63, 3.8) is 0 Å². The van der Waals surface area contributed by atoms with E-state index >= 15 is 0 Å². The number of ether oxygens (including phenoxy) is 1. The van der Waals surface area contributed by atoms with Gasteiger partial charge in [-0.05, 0) is 65.8 Å². The van der Waals surface area contributed by atoms with E-state index in [9.17, 15) is 0 Å². The van der Waals surface area contributed by atoms with Crippen molar-refractivity contribution in [3.05, 3.63) is 87.5 Å². The van der Waals surface area contributed by atoms with Crippen molar-refractivity contribution in [1.82, 2.24) is 0 Å². The molecule has 0 saturated carbocycles. The van der Waals surface area contributed by atoms with Gasteiger partial charge < -0.3 is 4.74 Å². The van der Waals surface area contributed by atoms with Gasteiger partial charge in [-0.3, -0.25) is 0 Å². The minimum absolute atomic E-state index is 0.0401. The van der Waals surface area contributed by atoms with E-state index in [-0.39, 0.29) is 6.71 Å². The Bertz CT molecular complexity index is 994. The molecule has 0 unspecified atom stereocenters. The fourth-order valence-corrected chi connectivity index (χ4v) is 4.41. The first-order valence-corrected chi connectivity index (χ1v) is 10.1. The molecule has 0 spiro atoms. The zero-order valence-corrected chi connectivity index (χ0v) is 18.6. The molecule has 0 radical (unpaired) electrons. The third-order valence-corrected chi connectivity index (χ3v) is 5.50. The van der Waals surface area contributed by atoms with Crippen LogP contribution in [0.1, 0.15) is 38.9 Å². The molecule has 0 atom stereocenters. The Morgan fingerprint density at radius 3 is 1.45 bits per heavy atom. The predicted octanol–water partition coefficient (Wildman–Crippen LogP) is 4.75. The molecule has 2 heteroatoms. The number of hydrogen-bond acceptors (Lipinski definition) is 1. The molecule has 0 aromatic heterocycles. The van der Waals surface area contributed by atoms with Crippen molar-refractivity contribution >= 4 is 17.6 Å². The van der Waals surface area contributed by atoms with Crippen LogP contribution in [0, 0.1) is 53.3 Å². The highest BCUT2D eigenvalue weighted by Gasteiger charge is 2.25. The van der Waals surface area contributed by atoms with Crippen molar-refractivity contribution in [2.24, 2.45) is 0 Å². The molecule has 146 valence electrons. The fraction of sp³-hybridized carbons (Fsp3) is 0.259. The Morgan fingerprint density at radius 2 is 1.07 bits per heavy atom. The predicted molar refractivity (Wildman–Crippen MR) is 126 cm³/mol. The summed E-state index contributed by atoms with van der Waals surface area (Å²) in [4.78, 5) is 0. The first kappa shape index (κ1) is 20.8. The van der Waals surface area contributed by atoms with E-state index in [0.29, 0.717) is 0 Å². The first-order chi connectivity index (χ1) is 13.8. The highest BCUT2D eigenvalue weighted by molar-refractivity contribution is 6.92. The third kappa shape index (κ3) is 4.57. The van der Waals surface area contributed by atoms with Crippen LogP contribution < -0.4 is 15.7 Å². The van der Waals surface area contributed by atoms with Gasteiger partial charge in [-0.1, -0.05) is 74.5 Å². The average molecular weight is 380 g/mol. The molecule has 0 aliphatic heterocycles. The minimum atomic E-state index is 0.0401. The average Bonchev–Trinajstić information content (AvgIpc) is 2.64. The Labute approximate surface area is 176 Å². The van der Waals surface area contributed by atoms with E-state index in [1.165, 1.54) is 44.3 Å². The van der Waals surface area contributed by atoms with Crippen LogP contribution >= 0.6 is 0 Å². The molecule has 0 heterocycles. The van der Waals surface area contributed by atoms with Crippen molar-refractivity contribution in [1.29, 1.82) is 0 Å². The van der Waals surface area contributed by atoms with Crippen LogP contribution in [0.3, 0.4) is 0 Å². The number of methoxy groups -OCH3 is 1. The topological polar surface area (TPSA) is 9.23 Å². The number of aryl methyl sites for hydroxylation is 6. The second-order valence-electron chi connectivity index (χ2n) is 8.06. The van der Waals surface area contributed by atoms with Crippen LogP contribution in [0.4, 0.5) is 0 Å². The van der Waals surface area contributed by atoms with Crippen LogP contribution in [-0.2, 0) is 0 Å². The number of rotatable bonds is 3. The summed E-state index contributed by atoms with van der Waals surface area (Å²) in [5, 5.41) is 0. The molecule has 29 heavy (non-hydrogen) atoms.